The lowest BCUT2D eigenvalue weighted by Gasteiger charge is -2.32. The second-order valence-electron chi connectivity index (χ2n) is 6.78. The van der Waals surface area contributed by atoms with E-state index in [-0.39, 0.29) is 11.9 Å². The van der Waals surface area contributed by atoms with Crippen LogP contribution in [0.3, 0.4) is 0 Å². The summed E-state index contributed by atoms with van der Waals surface area (Å²) in [6.45, 7) is 3.77. The molecule has 3 aromatic heterocycles. The Labute approximate surface area is 138 Å². The number of aromatic nitrogens is 5. The van der Waals surface area contributed by atoms with Crippen molar-refractivity contribution in [1.82, 2.24) is 24.6 Å². The molecule has 0 amide bonds. The van der Waals surface area contributed by atoms with Gasteiger partial charge >= 0.3 is 0 Å². The van der Waals surface area contributed by atoms with Gasteiger partial charge in [-0.3, -0.25) is 0 Å². The summed E-state index contributed by atoms with van der Waals surface area (Å²) in [7, 11) is 0. The first-order valence-electron chi connectivity index (χ1n) is 8.09. The molecule has 2 atom stereocenters. The van der Waals surface area contributed by atoms with E-state index in [9.17, 15) is 5.11 Å². The van der Waals surface area contributed by atoms with Crippen LogP contribution in [0.1, 0.15) is 49.9 Å². The molecular weight excluding hydrogens is 308 g/mol. The fourth-order valence-electron chi connectivity index (χ4n) is 3.49. The molecule has 0 spiro atoms. The first kappa shape index (κ1) is 15.1. The summed E-state index contributed by atoms with van der Waals surface area (Å²) in [6, 6.07) is 0. The number of nitrogen functional groups attached to an aromatic ring is 1. The van der Waals surface area contributed by atoms with E-state index in [2.05, 4.69) is 20.1 Å². The van der Waals surface area contributed by atoms with Crippen LogP contribution in [0, 0.1) is 6.92 Å². The maximum atomic E-state index is 10.3. The van der Waals surface area contributed by atoms with Gasteiger partial charge in [-0.25, -0.2) is 15.0 Å². The Morgan fingerprint density at radius 1 is 1.42 bits per heavy atom. The number of anilines is 1. The third-order valence-corrected chi connectivity index (χ3v) is 4.71. The van der Waals surface area contributed by atoms with Gasteiger partial charge in [0, 0.05) is 11.5 Å². The molecule has 3 heterocycles. The molecule has 0 aromatic carbocycles. The van der Waals surface area contributed by atoms with Gasteiger partial charge in [0.15, 0.2) is 11.5 Å². The van der Waals surface area contributed by atoms with Gasteiger partial charge in [0.05, 0.1) is 11.8 Å². The van der Waals surface area contributed by atoms with Crippen LogP contribution >= 0.6 is 0 Å². The summed E-state index contributed by atoms with van der Waals surface area (Å²) in [5.74, 6) is 1.48. The number of oxazole rings is 1. The van der Waals surface area contributed by atoms with E-state index < -0.39 is 5.60 Å². The molecule has 4 rings (SSSR count). The average Bonchev–Trinajstić information content (AvgIpc) is 3.19. The van der Waals surface area contributed by atoms with E-state index in [1.165, 1.54) is 6.26 Å². The minimum Gasteiger partial charge on any atom is -0.443 e. The number of hydrogen-bond donors (Lipinski definition) is 2. The fraction of sp³-hybridized carbons (Fsp3) is 0.500. The van der Waals surface area contributed by atoms with E-state index in [1.807, 2.05) is 13.8 Å². The van der Waals surface area contributed by atoms with Crippen molar-refractivity contribution in [3.63, 3.8) is 0 Å². The van der Waals surface area contributed by atoms with Crippen molar-refractivity contribution in [2.75, 3.05) is 5.73 Å². The average molecular weight is 328 g/mol. The molecule has 1 fully saturated rings. The van der Waals surface area contributed by atoms with E-state index >= 15 is 0 Å². The van der Waals surface area contributed by atoms with Crippen LogP contribution in [-0.2, 0) is 0 Å². The number of aryl methyl sites for hydroxylation is 1. The van der Waals surface area contributed by atoms with Crippen LogP contribution in [-0.4, -0.2) is 35.3 Å². The number of aliphatic hydroxyl groups is 1. The standard InChI is InChI=1S/C16H20N6O2/c1-9-11(14-18-6-7-24-14)19-15(17)22-13(9)20-12(21-22)10-4-3-5-16(2,23)8-10/h6-7,10,23H,3-5,8H2,1-2H3,(H2,17,19)/t10-,16+/m1/s1. The van der Waals surface area contributed by atoms with Gasteiger partial charge in [0.1, 0.15) is 12.0 Å². The molecule has 8 heteroatoms. The highest BCUT2D eigenvalue weighted by molar-refractivity contribution is 5.65. The molecule has 24 heavy (non-hydrogen) atoms. The Kier molecular flexibility index (Phi) is 3.31. The van der Waals surface area contributed by atoms with Crippen molar-refractivity contribution in [3.05, 3.63) is 23.8 Å². The minimum absolute atomic E-state index is 0.123. The molecule has 0 bridgehead atoms. The Hall–Kier alpha value is -2.48. The van der Waals surface area contributed by atoms with Crippen molar-refractivity contribution >= 4 is 11.6 Å². The zero-order chi connectivity index (χ0) is 16.9. The first-order chi connectivity index (χ1) is 11.4. The van der Waals surface area contributed by atoms with Gasteiger partial charge < -0.3 is 15.3 Å². The highest BCUT2D eigenvalue weighted by Crippen LogP contribution is 2.37. The SMILES string of the molecule is Cc1c(-c2ncco2)nc(N)n2nc([C@@H]3CCC[C@](C)(O)C3)nc12. The molecular formula is C16H20N6O2. The number of rotatable bonds is 2. The topological polar surface area (TPSA) is 115 Å². The molecule has 0 unspecified atom stereocenters. The highest BCUT2D eigenvalue weighted by atomic mass is 16.3. The second-order valence-corrected chi connectivity index (χ2v) is 6.78. The summed E-state index contributed by atoms with van der Waals surface area (Å²) in [5.41, 5.74) is 7.43. The fourth-order valence-corrected chi connectivity index (χ4v) is 3.49. The lowest BCUT2D eigenvalue weighted by atomic mass is 9.79. The lowest BCUT2D eigenvalue weighted by Crippen LogP contribution is -2.31. The van der Waals surface area contributed by atoms with Crippen LogP contribution in [0.25, 0.3) is 17.2 Å². The largest absolute Gasteiger partial charge is 0.443 e. The molecule has 0 radical (unpaired) electrons. The molecule has 0 aliphatic heterocycles. The molecule has 3 aromatic rings. The normalized spacial score (nSPS) is 24.5. The van der Waals surface area contributed by atoms with Crippen molar-refractivity contribution < 1.29 is 9.52 Å². The third-order valence-electron chi connectivity index (χ3n) is 4.71. The van der Waals surface area contributed by atoms with Gasteiger partial charge in [-0.2, -0.15) is 4.52 Å². The van der Waals surface area contributed by atoms with Crippen molar-refractivity contribution in [1.29, 1.82) is 0 Å². The second kappa shape index (κ2) is 5.27. The highest BCUT2D eigenvalue weighted by Gasteiger charge is 2.33. The maximum absolute atomic E-state index is 10.3. The van der Waals surface area contributed by atoms with Gasteiger partial charge in [0.2, 0.25) is 11.8 Å². The summed E-state index contributed by atoms with van der Waals surface area (Å²) in [4.78, 5) is 13.2. The zero-order valence-electron chi connectivity index (χ0n) is 13.7. The predicted molar refractivity (Wildman–Crippen MR) is 87.3 cm³/mol. The first-order valence-corrected chi connectivity index (χ1v) is 8.09. The van der Waals surface area contributed by atoms with Crippen LogP contribution in [0.15, 0.2) is 16.9 Å². The van der Waals surface area contributed by atoms with E-state index in [0.717, 1.165) is 24.8 Å². The molecule has 1 saturated carbocycles. The summed E-state index contributed by atoms with van der Waals surface area (Å²) < 4.78 is 6.89. The Morgan fingerprint density at radius 3 is 2.96 bits per heavy atom. The van der Waals surface area contributed by atoms with Crippen LogP contribution in [0.2, 0.25) is 0 Å². The van der Waals surface area contributed by atoms with Gasteiger partial charge in [0.25, 0.3) is 0 Å². The van der Waals surface area contributed by atoms with Gasteiger partial charge in [-0.05, 0) is 39.5 Å². The maximum Gasteiger partial charge on any atom is 0.245 e. The summed E-state index contributed by atoms with van der Waals surface area (Å²) in [6.07, 6.45) is 6.46. The van der Waals surface area contributed by atoms with Gasteiger partial charge in [-0.1, -0.05) is 0 Å². The predicted octanol–water partition coefficient (Wildman–Crippen LogP) is 2.08. The molecule has 0 saturated heterocycles. The van der Waals surface area contributed by atoms with Crippen molar-refractivity contribution in [2.24, 2.45) is 0 Å². The van der Waals surface area contributed by atoms with Crippen LogP contribution in [0.4, 0.5) is 5.95 Å². The Morgan fingerprint density at radius 2 is 2.25 bits per heavy atom. The number of hydrogen-bond acceptors (Lipinski definition) is 7. The number of fused-ring (bicyclic) bond motifs is 1. The third kappa shape index (κ3) is 2.43. The quantitative estimate of drug-likeness (QED) is 0.740. The molecule has 8 nitrogen and oxygen atoms in total. The van der Waals surface area contributed by atoms with E-state index in [0.29, 0.717) is 29.5 Å². The van der Waals surface area contributed by atoms with Crippen LogP contribution < -0.4 is 5.73 Å². The Balaban J connectivity index is 1.81. The zero-order valence-corrected chi connectivity index (χ0v) is 13.7. The summed E-state index contributed by atoms with van der Waals surface area (Å²) >= 11 is 0. The minimum atomic E-state index is -0.664. The van der Waals surface area contributed by atoms with Gasteiger partial charge in [-0.15, -0.1) is 5.10 Å². The molecule has 3 N–H and O–H groups in total. The smallest absolute Gasteiger partial charge is 0.245 e. The number of nitrogens with two attached hydrogens (primary N) is 1. The monoisotopic (exact) mass is 328 g/mol. The van der Waals surface area contributed by atoms with Crippen LogP contribution in [0.5, 0.6) is 0 Å². The molecule has 126 valence electrons. The Bertz CT molecular complexity index is 884. The van der Waals surface area contributed by atoms with E-state index in [4.69, 9.17) is 10.2 Å². The van der Waals surface area contributed by atoms with Crippen molar-refractivity contribution in [2.45, 2.75) is 51.0 Å². The number of nitrogens with zero attached hydrogens (tertiary/aromatic N) is 5. The van der Waals surface area contributed by atoms with Crippen molar-refractivity contribution in [3.8, 4) is 11.6 Å². The molecule has 1 aliphatic rings. The lowest BCUT2D eigenvalue weighted by molar-refractivity contribution is 0.0134. The van der Waals surface area contributed by atoms with E-state index in [1.54, 1.807) is 10.7 Å². The molecule has 1 aliphatic carbocycles. The summed E-state index contributed by atoms with van der Waals surface area (Å²) in [5, 5.41) is 14.9.